The first-order chi connectivity index (χ1) is 6.87. The maximum atomic E-state index is 11.4. The molecular weight excluding hydrogens is 194 g/mol. The zero-order chi connectivity index (χ0) is 11.5. The first-order valence-electron chi connectivity index (χ1n) is 5.22. The van der Waals surface area contributed by atoms with Crippen LogP contribution in [0, 0.1) is 0 Å². The molecule has 1 rings (SSSR count). The molecule has 1 aliphatic rings. The molecule has 3 N–H and O–H groups in total. The summed E-state index contributed by atoms with van der Waals surface area (Å²) in [6, 6.07) is -0.105. The standard InChI is InChI=1S/C10H19N3O2/c1-10(2,3)13-9(15)11-6-7-4-5-8(14)12-7/h7H,4-6H2,1-3H3,(H,12,14)(H2,11,13,15). The van der Waals surface area contributed by atoms with E-state index in [-0.39, 0.29) is 23.5 Å². The van der Waals surface area contributed by atoms with Crippen LogP contribution in [0.4, 0.5) is 4.79 Å². The summed E-state index contributed by atoms with van der Waals surface area (Å²) in [5, 5.41) is 8.32. The van der Waals surface area contributed by atoms with E-state index in [4.69, 9.17) is 0 Å². The highest BCUT2D eigenvalue weighted by Gasteiger charge is 2.21. The highest BCUT2D eigenvalue weighted by Crippen LogP contribution is 2.05. The predicted octanol–water partition coefficient (Wildman–Crippen LogP) is 0.363. The lowest BCUT2D eigenvalue weighted by molar-refractivity contribution is -0.119. The fourth-order valence-corrected chi connectivity index (χ4v) is 1.43. The molecule has 1 heterocycles. The molecule has 1 fully saturated rings. The van der Waals surface area contributed by atoms with Crippen molar-refractivity contribution in [3.8, 4) is 0 Å². The molecule has 5 heteroatoms. The zero-order valence-electron chi connectivity index (χ0n) is 9.52. The Hall–Kier alpha value is -1.26. The smallest absolute Gasteiger partial charge is 0.315 e. The Morgan fingerprint density at radius 2 is 2.20 bits per heavy atom. The number of carbonyl (C=O) groups excluding carboxylic acids is 2. The molecule has 0 bridgehead atoms. The monoisotopic (exact) mass is 213 g/mol. The highest BCUT2D eigenvalue weighted by molar-refractivity contribution is 5.79. The lowest BCUT2D eigenvalue weighted by Crippen LogP contribution is -2.49. The summed E-state index contributed by atoms with van der Waals surface area (Å²) >= 11 is 0. The Bertz CT molecular complexity index is 258. The fourth-order valence-electron chi connectivity index (χ4n) is 1.43. The maximum Gasteiger partial charge on any atom is 0.315 e. The van der Waals surface area contributed by atoms with Crippen LogP contribution in [0.25, 0.3) is 0 Å². The Morgan fingerprint density at radius 1 is 1.53 bits per heavy atom. The van der Waals surface area contributed by atoms with E-state index >= 15 is 0 Å². The van der Waals surface area contributed by atoms with Crippen LogP contribution in [-0.2, 0) is 4.79 Å². The molecule has 0 saturated carbocycles. The van der Waals surface area contributed by atoms with Crippen LogP contribution in [0.5, 0.6) is 0 Å². The van der Waals surface area contributed by atoms with Gasteiger partial charge >= 0.3 is 6.03 Å². The molecule has 1 aliphatic heterocycles. The maximum absolute atomic E-state index is 11.4. The molecule has 0 aromatic rings. The second-order valence-corrected chi connectivity index (χ2v) is 4.89. The van der Waals surface area contributed by atoms with Crippen molar-refractivity contribution in [1.82, 2.24) is 16.0 Å². The molecular formula is C10H19N3O2. The average Bonchev–Trinajstić information content (AvgIpc) is 2.45. The SMILES string of the molecule is CC(C)(C)NC(=O)NCC1CCC(=O)N1. The largest absolute Gasteiger partial charge is 0.352 e. The molecule has 1 unspecified atom stereocenters. The van der Waals surface area contributed by atoms with Crippen molar-refractivity contribution in [2.75, 3.05) is 6.54 Å². The van der Waals surface area contributed by atoms with Gasteiger partial charge < -0.3 is 16.0 Å². The van der Waals surface area contributed by atoms with Crippen molar-refractivity contribution >= 4 is 11.9 Å². The first-order valence-corrected chi connectivity index (χ1v) is 5.22. The second kappa shape index (κ2) is 4.51. The summed E-state index contributed by atoms with van der Waals surface area (Å²) in [5.74, 6) is 0.0676. The van der Waals surface area contributed by atoms with Crippen molar-refractivity contribution in [3.63, 3.8) is 0 Å². The van der Waals surface area contributed by atoms with Crippen molar-refractivity contribution in [2.24, 2.45) is 0 Å². The molecule has 86 valence electrons. The number of hydrogen-bond donors (Lipinski definition) is 3. The van der Waals surface area contributed by atoms with Gasteiger partial charge in [0.2, 0.25) is 5.91 Å². The van der Waals surface area contributed by atoms with Gasteiger partial charge in [0.15, 0.2) is 0 Å². The third-order valence-electron chi connectivity index (χ3n) is 2.08. The van der Waals surface area contributed by atoms with Gasteiger partial charge in [-0.3, -0.25) is 4.79 Å². The van der Waals surface area contributed by atoms with Crippen LogP contribution in [0.3, 0.4) is 0 Å². The number of carbonyl (C=O) groups is 2. The molecule has 0 aromatic carbocycles. The molecule has 1 atom stereocenters. The van der Waals surface area contributed by atoms with E-state index in [1.165, 1.54) is 0 Å². The molecule has 0 radical (unpaired) electrons. The Morgan fingerprint density at radius 3 is 2.67 bits per heavy atom. The number of rotatable bonds is 2. The minimum Gasteiger partial charge on any atom is -0.352 e. The summed E-state index contributed by atoms with van der Waals surface area (Å²) in [7, 11) is 0. The molecule has 1 saturated heterocycles. The van der Waals surface area contributed by atoms with E-state index in [9.17, 15) is 9.59 Å². The highest BCUT2D eigenvalue weighted by atomic mass is 16.2. The Kier molecular flexibility index (Phi) is 3.55. The molecule has 0 aliphatic carbocycles. The second-order valence-electron chi connectivity index (χ2n) is 4.89. The van der Waals surface area contributed by atoms with Crippen molar-refractivity contribution in [1.29, 1.82) is 0 Å². The third kappa shape index (κ3) is 4.67. The van der Waals surface area contributed by atoms with E-state index < -0.39 is 0 Å². The van der Waals surface area contributed by atoms with Gasteiger partial charge in [-0.1, -0.05) is 0 Å². The summed E-state index contributed by atoms with van der Waals surface area (Å²) < 4.78 is 0. The molecule has 0 spiro atoms. The van der Waals surface area contributed by atoms with Crippen LogP contribution in [0.1, 0.15) is 33.6 Å². The third-order valence-corrected chi connectivity index (χ3v) is 2.08. The lowest BCUT2D eigenvalue weighted by atomic mass is 10.1. The lowest BCUT2D eigenvalue weighted by Gasteiger charge is -2.21. The van der Waals surface area contributed by atoms with E-state index in [2.05, 4.69) is 16.0 Å². The van der Waals surface area contributed by atoms with Crippen LogP contribution >= 0.6 is 0 Å². The average molecular weight is 213 g/mol. The number of nitrogens with one attached hydrogen (secondary N) is 3. The van der Waals surface area contributed by atoms with Crippen LogP contribution in [0.2, 0.25) is 0 Å². The molecule has 15 heavy (non-hydrogen) atoms. The molecule has 0 aromatic heterocycles. The van der Waals surface area contributed by atoms with Gasteiger partial charge in [-0.05, 0) is 27.2 Å². The summed E-state index contributed by atoms with van der Waals surface area (Å²) in [5.41, 5.74) is -0.233. The van der Waals surface area contributed by atoms with E-state index in [0.717, 1.165) is 6.42 Å². The molecule has 5 nitrogen and oxygen atoms in total. The summed E-state index contributed by atoms with van der Waals surface area (Å²) in [6.45, 7) is 6.26. The van der Waals surface area contributed by atoms with Gasteiger partial charge in [-0.15, -0.1) is 0 Å². The van der Waals surface area contributed by atoms with Crippen LogP contribution < -0.4 is 16.0 Å². The van der Waals surface area contributed by atoms with Crippen LogP contribution in [0.15, 0.2) is 0 Å². The normalized spacial score (nSPS) is 21.0. The van der Waals surface area contributed by atoms with Gasteiger partial charge in [0.25, 0.3) is 0 Å². The van der Waals surface area contributed by atoms with Gasteiger partial charge in [0.05, 0.1) is 0 Å². The topological polar surface area (TPSA) is 70.2 Å². The van der Waals surface area contributed by atoms with E-state index in [1.807, 2.05) is 20.8 Å². The minimum absolute atomic E-state index is 0.0676. The van der Waals surface area contributed by atoms with Gasteiger partial charge in [-0.25, -0.2) is 4.79 Å². The van der Waals surface area contributed by atoms with E-state index in [0.29, 0.717) is 13.0 Å². The van der Waals surface area contributed by atoms with Crippen molar-refractivity contribution in [2.45, 2.75) is 45.2 Å². The summed E-state index contributed by atoms with van der Waals surface area (Å²) in [4.78, 5) is 22.2. The Balaban J connectivity index is 2.20. The quantitative estimate of drug-likeness (QED) is 0.620. The van der Waals surface area contributed by atoms with E-state index in [1.54, 1.807) is 0 Å². The minimum atomic E-state index is -0.233. The zero-order valence-corrected chi connectivity index (χ0v) is 9.52. The Labute approximate surface area is 90.0 Å². The predicted molar refractivity (Wildman–Crippen MR) is 57.5 cm³/mol. The van der Waals surface area contributed by atoms with Gasteiger partial charge in [0, 0.05) is 24.5 Å². The van der Waals surface area contributed by atoms with Crippen molar-refractivity contribution in [3.05, 3.63) is 0 Å². The molecule has 3 amide bonds. The number of hydrogen-bond acceptors (Lipinski definition) is 2. The summed E-state index contributed by atoms with van der Waals surface area (Å²) in [6.07, 6.45) is 1.36. The van der Waals surface area contributed by atoms with Gasteiger partial charge in [0.1, 0.15) is 0 Å². The number of urea groups is 1. The van der Waals surface area contributed by atoms with Crippen LogP contribution in [-0.4, -0.2) is 30.1 Å². The first kappa shape index (κ1) is 11.8. The van der Waals surface area contributed by atoms with Gasteiger partial charge in [-0.2, -0.15) is 0 Å². The fraction of sp³-hybridized carbons (Fsp3) is 0.800. The number of amides is 3. The van der Waals surface area contributed by atoms with Crippen molar-refractivity contribution < 1.29 is 9.59 Å².